The van der Waals surface area contributed by atoms with Crippen LogP contribution in [0.15, 0.2) is 35.5 Å². The van der Waals surface area contributed by atoms with Gasteiger partial charge in [-0.2, -0.15) is 9.94 Å². The number of nitriles is 1. The molecule has 5 nitrogen and oxygen atoms in total. The highest BCUT2D eigenvalue weighted by atomic mass is 32.2. The third-order valence-electron chi connectivity index (χ3n) is 3.36. The molecule has 1 aliphatic carbocycles. The van der Waals surface area contributed by atoms with Crippen molar-refractivity contribution in [1.82, 2.24) is 20.2 Å². The Kier molecular flexibility index (Phi) is 3.22. The van der Waals surface area contributed by atoms with Crippen LogP contribution in [0.4, 0.5) is 0 Å². The fourth-order valence-electron chi connectivity index (χ4n) is 1.93. The van der Waals surface area contributed by atoms with Gasteiger partial charge in [0.1, 0.15) is 0 Å². The first-order valence-electron chi connectivity index (χ1n) is 6.17. The minimum absolute atomic E-state index is 0.201. The van der Waals surface area contributed by atoms with Crippen LogP contribution in [0.25, 0.3) is 5.69 Å². The Bertz CT molecular complexity index is 597. The molecule has 1 heterocycles. The van der Waals surface area contributed by atoms with Crippen molar-refractivity contribution in [3.8, 4) is 11.8 Å². The molecule has 0 amide bonds. The number of benzene rings is 1. The largest absolute Gasteiger partial charge is 0.214 e. The lowest BCUT2D eigenvalue weighted by Crippen LogP contribution is -2.05. The number of rotatable bonds is 5. The molecule has 1 aromatic heterocycles. The van der Waals surface area contributed by atoms with Crippen LogP contribution in [-0.4, -0.2) is 26.0 Å². The minimum Gasteiger partial charge on any atom is -0.198 e. The van der Waals surface area contributed by atoms with E-state index in [4.69, 9.17) is 5.26 Å². The second-order valence-electron chi connectivity index (χ2n) is 4.83. The van der Waals surface area contributed by atoms with E-state index in [-0.39, 0.29) is 5.41 Å². The Morgan fingerprint density at radius 2 is 2.11 bits per heavy atom. The van der Waals surface area contributed by atoms with E-state index in [1.807, 2.05) is 30.3 Å². The van der Waals surface area contributed by atoms with Gasteiger partial charge in [0.15, 0.2) is 0 Å². The number of thioether (sulfide) groups is 1. The third kappa shape index (κ3) is 2.61. The zero-order chi connectivity index (χ0) is 13.1. The maximum atomic E-state index is 8.83. The molecule has 0 radical (unpaired) electrons. The van der Waals surface area contributed by atoms with Gasteiger partial charge in [-0.25, -0.2) is 0 Å². The average molecular weight is 271 g/mol. The summed E-state index contributed by atoms with van der Waals surface area (Å²) in [5, 5.41) is 21.4. The Morgan fingerprint density at radius 3 is 2.79 bits per heavy atom. The molecule has 0 N–H and O–H groups in total. The van der Waals surface area contributed by atoms with Gasteiger partial charge in [-0.3, -0.25) is 0 Å². The van der Waals surface area contributed by atoms with Crippen molar-refractivity contribution in [3.63, 3.8) is 0 Å². The van der Waals surface area contributed by atoms with Gasteiger partial charge in [0.05, 0.1) is 11.8 Å². The molecule has 3 rings (SSSR count). The first-order valence-corrected chi connectivity index (χ1v) is 7.15. The van der Waals surface area contributed by atoms with Crippen molar-refractivity contribution in [2.45, 2.75) is 24.4 Å². The Balaban J connectivity index is 1.73. The van der Waals surface area contributed by atoms with E-state index in [2.05, 4.69) is 21.6 Å². The summed E-state index contributed by atoms with van der Waals surface area (Å²) in [5.41, 5.74) is 1.16. The summed E-state index contributed by atoms with van der Waals surface area (Å²) < 4.78 is 1.74. The van der Waals surface area contributed by atoms with E-state index in [1.54, 1.807) is 16.4 Å². The number of para-hydroxylation sites is 1. The molecule has 1 aliphatic rings. The molecule has 0 atom stereocenters. The second-order valence-corrected chi connectivity index (χ2v) is 5.77. The average Bonchev–Trinajstić information content (AvgIpc) is 3.05. The van der Waals surface area contributed by atoms with E-state index in [0.29, 0.717) is 6.42 Å². The number of nitrogens with zero attached hydrogens (tertiary/aromatic N) is 5. The molecule has 1 fully saturated rings. The summed E-state index contributed by atoms with van der Waals surface area (Å²) in [6.45, 7) is 0. The number of aromatic nitrogens is 4. The molecule has 6 heteroatoms. The third-order valence-corrected chi connectivity index (χ3v) is 4.63. The van der Waals surface area contributed by atoms with Gasteiger partial charge in [-0.05, 0) is 40.8 Å². The summed E-state index contributed by atoms with van der Waals surface area (Å²) in [5.74, 6) is 0.910. The molecule has 1 saturated carbocycles. The quantitative estimate of drug-likeness (QED) is 0.781. The van der Waals surface area contributed by atoms with Crippen LogP contribution in [0.1, 0.15) is 19.3 Å². The van der Waals surface area contributed by atoms with Crippen LogP contribution in [0.5, 0.6) is 0 Å². The van der Waals surface area contributed by atoms with Crippen molar-refractivity contribution in [2.75, 3.05) is 5.75 Å². The Morgan fingerprint density at radius 1 is 1.32 bits per heavy atom. The number of hydrogen-bond acceptors (Lipinski definition) is 5. The van der Waals surface area contributed by atoms with E-state index < -0.39 is 0 Å². The Labute approximate surface area is 115 Å². The molecule has 19 heavy (non-hydrogen) atoms. The van der Waals surface area contributed by atoms with Crippen molar-refractivity contribution in [3.05, 3.63) is 30.3 Å². The van der Waals surface area contributed by atoms with Gasteiger partial charge in [-0.1, -0.05) is 30.0 Å². The lowest BCUT2D eigenvalue weighted by atomic mass is 10.1. The summed E-state index contributed by atoms with van der Waals surface area (Å²) in [7, 11) is 0. The first kappa shape index (κ1) is 12.2. The molecule has 0 spiro atoms. The molecule has 0 unspecified atom stereocenters. The zero-order valence-corrected chi connectivity index (χ0v) is 11.2. The summed E-state index contributed by atoms with van der Waals surface area (Å²) >= 11 is 1.63. The lowest BCUT2D eigenvalue weighted by molar-refractivity contribution is 0.602. The minimum atomic E-state index is 0.201. The molecule has 1 aromatic carbocycles. The molecular formula is C13H13N5S. The fraction of sp³-hybridized carbons (Fsp3) is 0.385. The highest BCUT2D eigenvalue weighted by Gasteiger charge is 2.42. The summed E-state index contributed by atoms with van der Waals surface area (Å²) in [6.07, 6.45) is 2.91. The van der Waals surface area contributed by atoms with Crippen LogP contribution in [0.3, 0.4) is 0 Å². The predicted octanol–water partition coefficient (Wildman–Crippen LogP) is 2.45. The van der Waals surface area contributed by atoms with Crippen molar-refractivity contribution < 1.29 is 0 Å². The van der Waals surface area contributed by atoms with Crippen molar-refractivity contribution >= 4 is 11.8 Å². The van der Waals surface area contributed by atoms with Crippen LogP contribution in [-0.2, 0) is 0 Å². The van der Waals surface area contributed by atoms with Crippen LogP contribution in [0.2, 0.25) is 0 Å². The SMILES string of the molecule is N#CCC1(CSc2nnnn2-c2ccccc2)CC1. The van der Waals surface area contributed by atoms with E-state index in [9.17, 15) is 0 Å². The van der Waals surface area contributed by atoms with Crippen LogP contribution < -0.4 is 0 Å². The fourth-order valence-corrected chi connectivity index (χ4v) is 3.12. The maximum Gasteiger partial charge on any atom is 0.214 e. The van der Waals surface area contributed by atoms with Crippen LogP contribution >= 0.6 is 11.8 Å². The van der Waals surface area contributed by atoms with Crippen molar-refractivity contribution in [1.29, 1.82) is 5.26 Å². The topological polar surface area (TPSA) is 67.4 Å². The lowest BCUT2D eigenvalue weighted by Gasteiger charge is -2.09. The highest BCUT2D eigenvalue weighted by molar-refractivity contribution is 7.99. The number of hydrogen-bond donors (Lipinski definition) is 0. The standard InChI is InChI=1S/C13H13N5S/c14-9-8-13(6-7-13)10-19-12-15-16-17-18(12)11-4-2-1-3-5-11/h1-5H,6-8,10H2. The number of tetrazole rings is 1. The van der Waals surface area contributed by atoms with Gasteiger partial charge in [0, 0.05) is 12.2 Å². The van der Waals surface area contributed by atoms with Crippen molar-refractivity contribution in [2.24, 2.45) is 5.41 Å². The molecule has 0 saturated heterocycles. The molecule has 0 bridgehead atoms. The second kappa shape index (κ2) is 5.02. The first-order chi connectivity index (χ1) is 9.33. The molecule has 2 aromatic rings. The zero-order valence-electron chi connectivity index (χ0n) is 10.4. The normalized spacial score (nSPS) is 15.9. The predicted molar refractivity (Wildman–Crippen MR) is 71.8 cm³/mol. The highest BCUT2D eigenvalue weighted by Crippen LogP contribution is 2.51. The summed E-state index contributed by atoms with van der Waals surface area (Å²) in [6, 6.07) is 12.1. The molecular weight excluding hydrogens is 258 g/mol. The van der Waals surface area contributed by atoms with Gasteiger partial charge >= 0.3 is 0 Å². The van der Waals surface area contributed by atoms with E-state index in [0.717, 1.165) is 29.4 Å². The van der Waals surface area contributed by atoms with Gasteiger partial charge in [0.2, 0.25) is 5.16 Å². The molecule has 96 valence electrons. The Hall–Kier alpha value is -1.87. The van der Waals surface area contributed by atoms with Gasteiger partial charge in [0.25, 0.3) is 0 Å². The van der Waals surface area contributed by atoms with E-state index in [1.165, 1.54) is 0 Å². The van der Waals surface area contributed by atoms with Crippen LogP contribution in [0, 0.1) is 16.7 Å². The smallest absolute Gasteiger partial charge is 0.198 e. The monoisotopic (exact) mass is 271 g/mol. The van der Waals surface area contributed by atoms with Gasteiger partial charge in [-0.15, -0.1) is 5.10 Å². The van der Waals surface area contributed by atoms with E-state index >= 15 is 0 Å². The summed E-state index contributed by atoms with van der Waals surface area (Å²) in [4.78, 5) is 0. The van der Waals surface area contributed by atoms with Gasteiger partial charge < -0.3 is 0 Å². The molecule has 0 aliphatic heterocycles. The maximum absolute atomic E-state index is 8.83.